The lowest BCUT2D eigenvalue weighted by atomic mass is 10.0. The van der Waals surface area contributed by atoms with Crippen LogP contribution in [0, 0.1) is 6.92 Å². The van der Waals surface area contributed by atoms with Gasteiger partial charge in [-0.25, -0.2) is 0 Å². The molecule has 0 aliphatic heterocycles. The van der Waals surface area contributed by atoms with Gasteiger partial charge in [0.25, 0.3) is 0 Å². The zero-order valence-corrected chi connectivity index (χ0v) is 13.6. The fourth-order valence-corrected chi connectivity index (χ4v) is 2.76. The number of hydrogen-bond acceptors (Lipinski definition) is 3. The van der Waals surface area contributed by atoms with Crippen LogP contribution in [0.1, 0.15) is 62.7 Å². The molecule has 4 heteroatoms. The molecular weight excluding hydrogens is 262 g/mol. The predicted octanol–water partition coefficient (Wildman–Crippen LogP) is 4.04. The molecule has 0 fully saturated rings. The lowest BCUT2D eigenvalue weighted by Gasteiger charge is -2.15. The maximum atomic E-state index is 5.44. The Morgan fingerprint density at radius 2 is 2.05 bits per heavy atom. The van der Waals surface area contributed by atoms with Crippen LogP contribution in [0.25, 0.3) is 0 Å². The first-order valence-corrected chi connectivity index (χ1v) is 8.00. The van der Waals surface area contributed by atoms with Gasteiger partial charge in [-0.05, 0) is 38.4 Å². The van der Waals surface area contributed by atoms with Crippen molar-refractivity contribution in [1.29, 1.82) is 0 Å². The van der Waals surface area contributed by atoms with Gasteiger partial charge in [0.2, 0.25) is 0 Å². The van der Waals surface area contributed by atoms with Gasteiger partial charge in [0, 0.05) is 24.2 Å². The molecule has 1 unspecified atom stereocenters. The minimum Gasteiger partial charge on any atom is -0.469 e. The Morgan fingerprint density at radius 1 is 1.29 bits per heavy atom. The van der Waals surface area contributed by atoms with Crippen molar-refractivity contribution in [2.75, 3.05) is 6.54 Å². The summed E-state index contributed by atoms with van der Waals surface area (Å²) in [5.74, 6) is 0.954. The van der Waals surface area contributed by atoms with Gasteiger partial charge < -0.3 is 9.73 Å². The standard InChI is InChI=1S/C17H27N3O/c1-5-16(6-2)20-9-8-15(19-20)11-17(18-7-3)14-10-13(4)21-12-14/h8-10,12,16-18H,5-7,11H2,1-4H3. The van der Waals surface area contributed by atoms with Crippen molar-refractivity contribution in [3.63, 3.8) is 0 Å². The number of furan rings is 1. The van der Waals surface area contributed by atoms with Gasteiger partial charge >= 0.3 is 0 Å². The third-order valence-electron chi connectivity index (χ3n) is 4.00. The van der Waals surface area contributed by atoms with Crippen LogP contribution in [-0.4, -0.2) is 16.3 Å². The molecule has 0 spiro atoms. The first-order chi connectivity index (χ1) is 10.2. The molecule has 1 N–H and O–H groups in total. The van der Waals surface area contributed by atoms with Crippen LogP contribution in [0.5, 0.6) is 0 Å². The van der Waals surface area contributed by atoms with E-state index in [0.717, 1.165) is 37.3 Å². The maximum Gasteiger partial charge on any atom is 0.101 e. The summed E-state index contributed by atoms with van der Waals surface area (Å²) in [6.07, 6.45) is 7.08. The van der Waals surface area contributed by atoms with Crippen LogP contribution >= 0.6 is 0 Å². The van der Waals surface area contributed by atoms with Crippen molar-refractivity contribution in [2.45, 2.75) is 59.0 Å². The van der Waals surface area contributed by atoms with Gasteiger partial charge in [0.15, 0.2) is 0 Å². The second kappa shape index (κ2) is 7.46. The first-order valence-electron chi connectivity index (χ1n) is 8.00. The quantitative estimate of drug-likeness (QED) is 0.797. The first kappa shape index (κ1) is 15.8. The SMILES string of the molecule is CCNC(Cc1ccn(C(CC)CC)n1)c1coc(C)c1. The van der Waals surface area contributed by atoms with E-state index in [1.807, 2.05) is 13.2 Å². The molecular formula is C17H27N3O. The summed E-state index contributed by atoms with van der Waals surface area (Å²) in [7, 11) is 0. The van der Waals surface area contributed by atoms with E-state index < -0.39 is 0 Å². The van der Waals surface area contributed by atoms with Crippen molar-refractivity contribution in [2.24, 2.45) is 0 Å². The molecule has 21 heavy (non-hydrogen) atoms. The summed E-state index contributed by atoms with van der Waals surface area (Å²) in [6.45, 7) is 9.47. The van der Waals surface area contributed by atoms with Gasteiger partial charge in [-0.2, -0.15) is 5.10 Å². The minimum atomic E-state index is 0.262. The molecule has 0 aromatic carbocycles. The number of hydrogen-bond donors (Lipinski definition) is 1. The van der Waals surface area contributed by atoms with Crippen molar-refractivity contribution < 1.29 is 4.42 Å². The summed E-state index contributed by atoms with van der Waals surface area (Å²) in [5, 5.41) is 8.27. The van der Waals surface area contributed by atoms with Crippen molar-refractivity contribution in [3.8, 4) is 0 Å². The lowest BCUT2D eigenvalue weighted by molar-refractivity contribution is 0.422. The van der Waals surface area contributed by atoms with Gasteiger partial charge in [-0.3, -0.25) is 4.68 Å². The molecule has 0 saturated heterocycles. The van der Waals surface area contributed by atoms with Crippen LogP contribution < -0.4 is 5.32 Å². The average molecular weight is 289 g/mol. The van der Waals surface area contributed by atoms with E-state index in [1.165, 1.54) is 5.56 Å². The Kier molecular flexibility index (Phi) is 5.62. The summed E-state index contributed by atoms with van der Waals surface area (Å²) in [4.78, 5) is 0. The minimum absolute atomic E-state index is 0.262. The smallest absolute Gasteiger partial charge is 0.101 e. The maximum absolute atomic E-state index is 5.44. The second-order valence-electron chi connectivity index (χ2n) is 5.56. The number of rotatable bonds is 8. The highest BCUT2D eigenvalue weighted by Gasteiger charge is 2.16. The zero-order valence-electron chi connectivity index (χ0n) is 13.6. The third-order valence-corrected chi connectivity index (χ3v) is 4.00. The fourth-order valence-electron chi connectivity index (χ4n) is 2.76. The molecule has 2 heterocycles. The zero-order chi connectivity index (χ0) is 15.2. The van der Waals surface area contributed by atoms with E-state index >= 15 is 0 Å². The number of likely N-dealkylation sites (N-methyl/N-ethyl adjacent to an activating group) is 1. The molecule has 2 aromatic rings. The lowest BCUT2D eigenvalue weighted by Crippen LogP contribution is -2.22. The van der Waals surface area contributed by atoms with Crippen LogP contribution in [0.3, 0.4) is 0 Å². The summed E-state index contributed by atoms with van der Waals surface area (Å²) in [6, 6.07) is 5.01. The highest BCUT2D eigenvalue weighted by Crippen LogP contribution is 2.21. The van der Waals surface area contributed by atoms with Gasteiger partial charge in [-0.15, -0.1) is 0 Å². The molecule has 0 aliphatic carbocycles. The van der Waals surface area contributed by atoms with E-state index in [0.29, 0.717) is 6.04 Å². The third kappa shape index (κ3) is 3.97. The van der Waals surface area contributed by atoms with Crippen molar-refractivity contribution >= 4 is 0 Å². The van der Waals surface area contributed by atoms with E-state index in [1.54, 1.807) is 0 Å². The van der Waals surface area contributed by atoms with Gasteiger partial charge in [0.1, 0.15) is 5.76 Å². The van der Waals surface area contributed by atoms with Crippen LogP contribution in [0.15, 0.2) is 29.0 Å². The Balaban J connectivity index is 2.10. The van der Waals surface area contributed by atoms with E-state index in [2.05, 4.69) is 49.1 Å². The highest BCUT2D eigenvalue weighted by molar-refractivity contribution is 5.19. The van der Waals surface area contributed by atoms with Crippen molar-refractivity contribution in [1.82, 2.24) is 15.1 Å². The Bertz CT molecular complexity index is 540. The number of nitrogens with zero attached hydrogens (tertiary/aromatic N) is 2. The molecule has 0 saturated carbocycles. The molecule has 1 atom stereocenters. The van der Waals surface area contributed by atoms with Crippen LogP contribution in [-0.2, 0) is 6.42 Å². The van der Waals surface area contributed by atoms with Gasteiger partial charge in [0.05, 0.1) is 18.0 Å². The highest BCUT2D eigenvalue weighted by atomic mass is 16.3. The van der Waals surface area contributed by atoms with Crippen LogP contribution in [0.4, 0.5) is 0 Å². The second-order valence-corrected chi connectivity index (χ2v) is 5.56. The molecule has 0 aliphatic rings. The molecule has 0 amide bonds. The number of aromatic nitrogens is 2. The van der Waals surface area contributed by atoms with Crippen molar-refractivity contribution in [3.05, 3.63) is 41.6 Å². The molecule has 2 rings (SSSR count). The topological polar surface area (TPSA) is 43.0 Å². The van der Waals surface area contributed by atoms with E-state index in [4.69, 9.17) is 9.52 Å². The summed E-state index contributed by atoms with van der Waals surface area (Å²) >= 11 is 0. The fraction of sp³-hybridized carbons (Fsp3) is 0.588. The Hall–Kier alpha value is -1.55. The predicted molar refractivity (Wildman–Crippen MR) is 85.4 cm³/mol. The molecule has 2 aromatic heterocycles. The molecule has 0 radical (unpaired) electrons. The molecule has 0 bridgehead atoms. The van der Waals surface area contributed by atoms with E-state index in [9.17, 15) is 0 Å². The molecule has 116 valence electrons. The Morgan fingerprint density at radius 3 is 2.62 bits per heavy atom. The average Bonchev–Trinajstić information content (AvgIpc) is 3.09. The number of aryl methyl sites for hydroxylation is 1. The normalized spacial score (nSPS) is 13.0. The van der Waals surface area contributed by atoms with E-state index in [-0.39, 0.29) is 6.04 Å². The Labute approximate surface area is 127 Å². The summed E-state index contributed by atoms with van der Waals surface area (Å²) in [5.41, 5.74) is 2.33. The van der Waals surface area contributed by atoms with Gasteiger partial charge in [-0.1, -0.05) is 20.8 Å². The summed E-state index contributed by atoms with van der Waals surface area (Å²) < 4.78 is 7.55. The molecule has 4 nitrogen and oxygen atoms in total. The monoisotopic (exact) mass is 289 g/mol. The largest absolute Gasteiger partial charge is 0.469 e. The van der Waals surface area contributed by atoms with Crippen LogP contribution in [0.2, 0.25) is 0 Å². The number of nitrogens with one attached hydrogen (secondary N) is 1.